The summed E-state index contributed by atoms with van der Waals surface area (Å²) >= 11 is 3.49. The summed E-state index contributed by atoms with van der Waals surface area (Å²) in [5.41, 5.74) is 1.19. The maximum atomic E-state index is 11.8. The summed E-state index contributed by atoms with van der Waals surface area (Å²) in [6, 6.07) is 6.03. The van der Waals surface area contributed by atoms with Crippen molar-refractivity contribution in [1.29, 1.82) is 0 Å². The third kappa shape index (κ3) is 4.18. The van der Waals surface area contributed by atoms with Gasteiger partial charge in [0.05, 0.1) is 17.3 Å². The number of piperazine rings is 1. The Kier molecular flexibility index (Phi) is 5.65. The molecule has 1 aromatic carbocycles. The van der Waals surface area contributed by atoms with Crippen LogP contribution in [-0.4, -0.2) is 56.7 Å². The maximum Gasteiger partial charge on any atom is 0.213 e. The van der Waals surface area contributed by atoms with Gasteiger partial charge < -0.3 is 4.74 Å². The number of halogens is 1. The minimum absolute atomic E-state index is 0.179. The van der Waals surface area contributed by atoms with Crippen molar-refractivity contribution in [2.45, 2.75) is 13.5 Å². The summed E-state index contributed by atoms with van der Waals surface area (Å²) in [5.74, 6) is 0.996. The molecule has 0 bridgehead atoms. The van der Waals surface area contributed by atoms with Crippen LogP contribution in [0.4, 0.5) is 0 Å². The number of methoxy groups -OCH3 is 1. The first-order valence-electron chi connectivity index (χ1n) is 6.99. The van der Waals surface area contributed by atoms with Crippen molar-refractivity contribution in [1.82, 2.24) is 9.21 Å². The largest absolute Gasteiger partial charge is 0.496 e. The topological polar surface area (TPSA) is 49.9 Å². The number of hydrogen-bond donors (Lipinski definition) is 0. The predicted molar refractivity (Wildman–Crippen MR) is 87.0 cm³/mol. The predicted octanol–water partition coefficient (Wildman–Crippen LogP) is 1.92. The van der Waals surface area contributed by atoms with Gasteiger partial charge in [-0.3, -0.25) is 4.90 Å². The van der Waals surface area contributed by atoms with Gasteiger partial charge in [-0.1, -0.05) is 6.07 Å². The molecule has 7 heteroatoms. The molecule has 0 N–H and O–H groups in total. The van der Waals surface area contributed by atoms with Crippen molar-refractivity contribution in [3.8, 4) is 5.75 Å². The molecule has 0 aliphatic carbocycles. The van der Waals surface area contributed by atoms with Gasteiger partial charge in [-0.2, -0.15) is 4.31 Å². The molecule has 1 aliphatic heterocycles. The zero-order valence-corrected chi connectivity index (χ0v) is 14.8. The fraction of sp³-hybridized carbons (Fsp3) is 0.571. The standard InChI is InChI=1S/C14H21BrN2O3S/c1-3-21(18,19)17-8-6-16(7-9-17)11-12-4-5-14(20-2)13(15)10-12/h4-5,10H,3,6-9,11H2,1-2H3. The molecule has 0 unspecified atom stereocenters. The molecule has 0 aromatic heterocycles. The number of nitrogens with zero attached hydrogens (tertiary/aromatic N) is 2. The average molecular weight is 377 g/mol. The molecule has 118 valence electrons. The van der Waals surface area contributed by atoms with Crippen molar-refractivity contribution >= 4 is 26.0 Å². The van der Waals surface area contributed by atoms with Gasteiger partial charge in [-0.15, -0.1) is 0 Å². The number of benzene rings is 1. The number of sulfonamides is 1. The van der Waals surface area contributed by atoms with Gasteiger partial charge in [0, 0.05) is 32.7 Å². The lowest BCUT2D eigenvalue weighted by molar-refractivity contribution is 0.181. The fourth-order valence-corrected chi connectivity index (χ4v) is 4.09. The highest BCUT2D eigenvalue weighted by molar-refractivity contribution is 9.10. The molecule has 2 rings (SSSR count). The second-order valence-electron chi connectivity index (χ2n) is 5.04. The summed E-state index contributed by atoms with van der Waals surface area (Å²) < 4.78 is 31.4. The van der Waals surface area contributed by atoms with Crippen LogP contribution in [0.15, 0.2) is 22.7 Å². The summed E-state index contributed by atoms with van der Waals surface area (Å²) in [5, 5.41) is 0. The van der Waals surface area contributed by atoms with E-state index < -0.39 is 10.0 Å². The summed E-state index contributed by atoms with van der Waals surface area (Å²) in [7, 11) is -1.40. The Morgan fingerprint density at radius 2 is 1.90 bits per heavy atom. The monoisotopic (exact) mass is 376 g/mol. The Hall–Kier alpha value is -0.630. The second kappa shape index (κ2) is 7.09. The van der Waals surface area contributed by atoms with E-state index in [-0.39, 0.29) is 5.75 Å². The van der Waals surface area contributed by atoms with Crippen molar-refractivity contribution in [2.75, 3.05) is 39.0 Å². The summed E-state index contributed by atoms with van der Waals surface area (Å²) in [6.45, 7) is 5.20. The molecule has 1 aliphatic rings. The van der Waals surface area contributed by atoms with Crippen LogP contribution in [0.25, 0.3) is 0 Å². The van der Waals surface area contributed by atoms with Crippen LogP contribution in [0.3, 0.4) is 0 Å². The molecule has 0 saturated carbocycles. The van der Waals surface area contributed by atoms with Crippen molar-refractivity contribution in [3.63, 3.8) is 0 Å². The van der Waals surface area contributed by atoms with Gasteiger partial charge >= 0.3 is 0 Å². The van der Waals surface area contributed by atoms with Crippen LogP contribution in [-0.2, 0) is 16.6 Å². The van der Waals surface area contributed by atoms with Crippen LogP contribution in [0.1, 0.15) is 12.5 Å². The smallest absolute Gasteiger partial charge is 0.213 e. The summed E-state index contributed by atoms with van der Waals surface area (Å²) in [6.07, 6.45) is 0. The molecule has 0 atom stereocenters. The minimum atomic E-state index is -3.05. The minimum Gasteiger partial charge on any atom is -0.496 e. The quantitative estimate of drug-likeness (QED) is 0.787. The molecule has 5 nitrogen and oxygen atoms in total. The van der Waals surface area contributed by atoms with E-state index in [2.05, 4.69) is 20.8 Å². The van der Waals surface area contributed by atoms with Crippen LogP contribution in [0.2, 0.25) is 0 Å². The van der Waals surface area contributed by atoms with Crippen molar-refractivity contribution in [3.05, 3.63) is 28.2 Å². The maximum absolute atomic E-state index is 11.8. The zero-order valence-electron chi connectivity index (χ0n) is 12.4. The Labute approximate surface area is 135 Å². The molecule has 21 heavy (non-hydrogen) atoms. The lowest BCUT2D eigenvalue weighted by Gasteiger charge is -2.33. The Morgan fingerprint density at radius 1 is 1.24 bits per heavy atom. The van der Waals surface area contributed by atoms with Gasteiger partial charge in [0.25, 0.3) is 0 Å². The molecule has 0 amide bonds. The lowest BCUT2D eigenvalue weighted by Crippen LogP contribution is -2.48. The first-order chi connectivity index (χ1) is 9.96. The van der Waals surface area contributed by atoms with Crippen LogP contribution < -0.4 is 4.74 Å². The molecular weight excluding hydrogens is 356 g/mol. The highest BCUT2D eigenvalue weighted by atomic mass is 79.9. The van der Waals surface area contributed by atoms with Gasteiger partial charge in [0.1, 0.15) is 5.75 Å². The third-order valence-electron chi connectivity index (χ3n) is 3.71. The second-order valence-corrected chi connectivity index (χ2v) is 8.16. The first-order valence-corrected chi connectivity index (χ1v) is 9.39. The average Bonchev–Trinajstić information content (AvgIpc) is 2.48. The summed E-state index contributed by atoms with van der Waals surface area (Å²) in [4.78, 5) is 2.27. The molecule has 1 heterocycles. The molecule has 1 saturated heterocycles. The fourth-order valence-electron chi connectivity index (χ4n) is 2.41. The van der Waals surface area contributed by atoms with Gasteiger partial charge in [-0.05, 0) is 40.5 Å². The van der Waals surface area contributed by atoms with E-state index in [0.717, 1.165) is 29.9 Å². The highest BCUT2D eigenvalue weighted by Gasteiger charge is 2.25. The number of rotatable bonds is 5. The van der Waals surface area contributed by atoms with E-state index >= 15 is 0 Å². The van der Waals surface area contributed by atoms with E-state index in [1.165, 1.54) is 5.56 Å². The van der Waals surface area contributed by atoms with Gasteiger partial charge in [0.15, 0.2) is 0 Å². The number of ether oxygens (including phenoxy) is 1. The normalized spacial score (nSPS) is 17.9. The van der Waals surface area contributed by atoms with E-state index in [0.29, 0.717) is 13.1 Å². The van der Waals surface area contributed by atoms with E-state index in [4.69, 9.17) is 4.74 Å². The van der Waals surface area contributed by atoms with Crippen molar-refractivity contribution < 1.29 is 13.2 Å². The molecule has 1 fully saturated rings. The third-order valence-corrected chi connectivity index (χ3v) is 6.21. The lowest BCUT2D eigenvalue weighted by atomic mass is 10.2. The van der Waals surface area contributed by atoms with Gasteiger partial charge in [0.2, 0.25) is 10.0 Å². The van der Waals surface area contributed by atoms with E-state index in [1.807, 2.05) is 18.2 Å². The van der Waals surface area contributed by atoms with Crippen LogP contribution >= 0.6 is 15.9 Å². The van der Waals surface area contributed by atoms with E-state index in [9.17, 15) is 8.42 Å². The van der Waals surface area contributed by atoms with Gasteiger partial charge in [-0.25, -0.2) is 8.42 Å². The highest BCUT2D eigenvalue weighted by Crippen LogP contribution is 2.26. The molecule has 0 radical (unpaired) electrons. The van der Waals surface area contributed by atoms with Crippen LogP contribution in [0, 0.1) is 0 Å². The molecule has 0 spiro atoms. The van der Waals surface area contributed by atoms with Crippen LogP contribution in [0.5, 0.6) is 5.75 Å². The van der Waals surface area contributed by atoms with E-state index in [1.54, 1.807) is 18.3 Å². The molecular formula is C14H21BrN2O3S. The first kappa shape index (κ1) is 16.7. The number of hydrogen-bond acceptors (Lipinski definition) is 4. The Morgan fingerprint density at radius 3 is 2.43 bits per heavy atom. The molecule has 1 aromatic rings. The Bertz CT molecular complexity index is 584. The Balaban J connectivity index is 1.93. The zero-order chi connectivity index (χ0) is 15.5. The van der Waals surface area contributed by atoms with Crippen molar-refractivity contribution in [2.24, 2.45) is 0 Å². The SMILES string of the molecule is CCS(=O)(=O)N1CCN(Cc2ccc(OC)c(Br)c2)CC1.